The average Bonchev–Trinajstić information content (AvgIpc) is 3.57. The molecule has 178 valence electrons. The van der Waals surface area contributed by atoms with E-state index in [9.17, 15) is 9.59 Å². The Balaban J connectivity index is 1.48. The van der Waals surface area contributed by atoms with Gasteiger partial charge in [0.15, 0.2) is 10.9 Å². The average molecular weight is 481 g/mol. The highest BCUT2D eigenvalue weighted by molar-refractivity contribution is 7.17. The number of nitrogens with zero attached hydrogens (tertiary/aromatic N) is 5. The lowest BCUT2D eigenvalue weighted by atomic mass is 10.1. The molecule has 1 unspecified atom stereocenters. The van der Waals surface area contributed by atoms with E-state index >= 15 is 0 Å². The second-order valence-corrected chi connectivity index (χ2v) is 9.06. The van der Waals surface area contributed by atoms with Gasteiger partial charge in [0, 0.05) is 30.2 Å². The van der Waals surface area contributed by atoms with Crippen LogP contribution < -0.4 is 10.6 Å². The van der Waals surface area contributed by atoms with Crippen molar-refractivity contribution in [1.29, 1.82) is 0 Å². The summed E-state index contributed by atoms with van der Waals surface area (Å²) < 4.78 is 1.66. The van der Waals surface area contributed by atoms with Crippen LogP contribution in [0.15, 0.2) is 30.7 Å². The van der Waals surface area contributed by atoms with E-state index < -0.39 is 6.04 Å². The summed E-state index contributed by atoms with van der Waals surface area (Å²) in [6.45, 7) is 10.9. The molecule has 0 saturated heterocycles. The Labute approximate surface area is 201 Å². The van der Waals surface area contributed by atoms with Crippen molar-refractivity contribution in [2.45, 2.75) is 40.7 Å². The lowest BCUT2D eigenvalue weighted by Gasteiger charge is -2.22. The van der Waals surface area contributed by atoms with Crippen molar-refractivity contribution in [3.8, 4) is 0 Å². The Bertz CT molecular complexity index is 1330. The third kappa shape index (κ3) is 4.51. The number of aryl methyl sites for hydroxylation is 2. The van der Waals surface area contributed by atoms with E-state index in [-0.39, 0.29) is 11.8 Å². The number of fused-ring (bicyclic) bond motifs is 1. The van der Waals surface area contributed by atoms with Gasteiger partial charge in [0.1, 0.15) is 10.9 Å². The molecule has 3 N–H and O–H groups in total. The summed E-state index contributed by atoms with van der Waals surface area (Å²) in [7, 11) is 0. The third-order valence-electron chi connectivity index (χ3n) is 5.77. The quantitative estimate of drug-likeness (QED) is 0.347. The number of rotatable bonds is 8. The van der Waals surface area contributed by atoms with Crippen molar-refractivity contribution in [2.24, 2.45) is 0 Å². The maximum atomic E-state index is 12.9. The van der Waals surface area contributed by atoms with Gasteiger partial charge in [0.2, 0.25) is 5.91 Å². The number of carbonyl (C=O) groups is 2. The van der Waals surface area contributed by atoms with E-state index in [0.717, 1.165) is 27.7 Å². The molecule has 0 saturated carbocycles. The van der Waals surface area contributed by atoms with E-state index in [0.29, 0.717) is 28.9 Å². The van der Waals surface area contributed by atoms with Crippen LogP contribution in [0.2, 0.25) is 0 Å². The highest BCUT2D eigenvalue weighted by Gasteiger charge is 2.22. The SMILES string of the molecule is CCN(CC)C(=O)C(C)n1cc(C)c(Nc2ncc(C(=O)Nc3c(C)ccc4[nH]ncc34)s2)n1. The number of hydrogen-bond donors (Lipinski definition) is 3. The van der Waals surface area contributed by atoms with Gasteiger partial charge in [-0.25, -0.2) is 4.98 Å². The summed E-state index contributed by atoms with van der Waals surface area (Å²) >= 11 is 1.23. The molecule has 0 aliphatic carbocycles. The van der Waals surface area contributed by atoms with Gasteiger partial charge in [-0.15, -0.1) is 0 Å². The van der Waals surface area contributed by atoms with E-state index in [2.05, 4.69) is 30.9 Å². The molecule has 0 spiro atoms. The summed E-state index contributed by atoms with van der Waals surface area (Å²) in [4.78, 5) is 32.2. The molecular formula is C23H28N8O2S. The zero-order chi connectivity index (χ0) is 24.4. The molecule has 11 heteroatoms. The van der Waals surface area contributed by atoms with E-state index in [1.54, 1.807) is 15.8 Å². The molecule has 3 heterocycles. The standard InChI is InChI=1S/C23H28N8O2S/c1-6-30(7-2)22(33)15(5)31-12-14(4)20(29-31)27-23-24-11-18(34-23)21(32)26-19-13(3)8-9-17-16(19)10-25-28-17/h8-12,15H,6-7H2,1-5H3,(H,25,28)(H,26,32)(H,24,27,29). The van der Waals surface area contributed by atoms with Gasteiger partial charge in [0.05, 0.1) is 23.6 Å². The molecule has 0 aliphatic rings. The molecule has 3 aromatic heterocycles. The molecule has 1 atom stereocenters. The molecule has 2 amide bonds. The van der Waals surface area contributed by atoms with Gasteiger partial charge in [0.25, 0.3) is 5.91 Å². The topological polar surface area (TPSA) is 121 Å². The van der Waals surface area contributed by atoms with Crippen LogP contribution in [0, 0.1) is 13.8 Å². The number of H-pyrrole nitrogens is 1. The smallest absolute Gasteiger partial charge is 0.267 e. The Morgan fingerprint density at radius 2 is 1.94 bits per heavy atom. The van der Waals surface area contributed by atoms with Gasteiger partial charge in [-0.2, -0.15) is 10.2 Å². The summed E-state index contributed by atoms with van der Waals surface area (Å²) in [5.74, 6) is 0.373. The third-order valence-corrected chi connectivity index (χ3v) is 6.68. The highest BCUT2D eigenvalue weighted by Crippen LogP contribution is 2.29. The first-order chi connectivity index (χ1) is 16.3. The number of carbonyl (C=O) groups excluding carboxylic acids is 2. The molecule has 34 heavy (non-hydrogen) atoms. The van der Waals surface area contributed by atoms with Crippen molar-refractivity contribution in [3.63, 3.8) is 0 Å². The van der Waals surface area contributed by atoms with E-state index in [1.165, 1.54) is 17.5 Å². The number of anilines is 3. The number of hydrogen-bond acceptors (Lipinski definition) is 7. The molecule has 0 radical (unpaired) electrons. The number of thiazole rings is 1. The number of aromatic nitrogens is 5. The van der Waals surface area contributed by atoms with Gasteiger partial charge >= 0.3 is 0 Å². The van der Waals surface area contributed by atoms with Crippen molar-refractivity contribution >= 4 is 50.7 Å². The van der Waals surface area contributed by atoms with Crippen LogP contribution in [0.25, 0.3) is 10.9 Å². The van der Waals surface area contributed by atoms with Gasteiger partial charge in [-0.1, -0.05) is 17.4 Å². The molecule has 1 aromatic carbocycles. The largest absolute Gasteiger partial charge is 0.341 e. The number of aromatic amines is 1. The van der Waals surface area contributed by atoms with Crippen LogP contribution in [0.3, 0.4) is 0 Å². The van der Waals surface area contributed by atoms with Gasteiger partial charge in [-0.3, -0.25) is 19.4 Å². The van der Waals surface area contributed by atoms with Crippen LogP contribution >= 0.6 is 11.3 Å². The second-order valence-electron chi connectivity index (χ2n) is 8.02. The Kier molecular flexibility index (Phi) is 6.64. The van der Waals surface area contributed by atoms with Gasteiger partial charge < -0.3 is 15.5 Å². The minimum atomic E-state index is -0.416. The molecule has 0 aliphatic heterocycles. The summed E-state index contributed by atoms with van der Waals surface area (Å²) in [5, 5.41) is 19.1. The summed E-state index contributed by atoms with van der Waals surface area (Å²) in [6, 6.07) is 3.45. The monoisotopic (exact) mass is 480 g/mol. The Morgan fingerprint density at radius 1 is 1.18 bits per heavy atom. The predicted molar refractivity (Wildman–Crippen MR) is 134 cm³/mol. The summed E-state index contributed by atoms with van der Waals surface area (Å²) in [5.41, 5.74) is 3.40. The molecule has 0 fully saturated rings. The van der Waals surface area contributed by atoms with Gasteiger partial charge in [-0.05, 0) is 46.2 Å². The van der Waals surface area contributed by atoms with Crippen LogP contribution in [-0.4, -0.2) is 54.8 Å². The molecule has 0 bridgehead atoms. The van der Waals surface area contributed by atoms with Crippen molar-refractivity contribution in [1.82, 2.24) is 29.9 Å². The van der Waals surface area contributed by atoms with Crippen LogP contribution in [0.5, 0.6) is 0 Å². The maximum absolute atomic E-state index is 12.9. The lowest BCUT2D eigenvalue weighted by molar-refractivity contribution is -0.134. The van der Waals surface area contributed by atoms with Crippen LogP contribution in [-0.2, 0) is 4.79 Å². The fourth-order valence-corrected chi connectivity index (χ4v) is 4.43. The fourth-order valence-electron chi connectivity index (χ4n) is 3.72. The summed E-state index contributed by atoms with van der Waals surface area (Å²) in [6.07, 6.45) is 5.07. The maximum Gasteiger partial charge on any atom is 0.267 e. The minimum absolute atomic E-state index is 0.0233. The zero-order valence-corrected chi connectivity index (χ0v) is 20.7. The number of benzene rings is 1. The highest BCUT2D eigenvalue weighted by atomic mass is 32.1. The lowest BCUT2D eigenvalue weighted by Crippen LogP contribution is -2.36. The fraction of sp³-hybridized carbons (Fsp3) is 0.348. The van der Waals surface area contributed by atoms with Crippen LogP contribution in [0.4, 0.5) is 16.6 Å². The minimum Gasteiger partial charge on any atom is -0.341 e. The number of amides is 2. The Morgan fingerprint density at radius 3 is 2.68 bits per heavy atom. The molecule has 4 aromatic rings. The zero-order valence-electron chi connectivity index (χ0n) is 19.8. The Hall–Kier alpha value is -3.73. The van der Waals surface area contributed by atoms with Crippen LogP contribution in [0.1, 0.15) is 47.6 Å². The van der Waals surface area contributed by atoms with Crippen molar-refractivity contribution < 1.29 is 9.59 Å². The number of nitrogens with one attached hydrogen (secondary N) is 3. The first-order valence-corrected chi connectivity index (χ1v) is 11.9. The molecule has 4 rings (SSSR count). The molecular weight excluding hydrogens is 452 g/mol. The first kappa shape index (κ1) is 23.4. The second kappa shape index (κ2) is 9.64. The van der Waals surface area contributed by atoms with E-state index in [4.69, 9.17) is 0 Å². The first-order valence-electron chi connectivity index (χ1n) is 11.1. The normalized spacial score (nSPS) is 12.0. The predicted octanol–water partition coefficient (Wildman–Crippen LogP) is 4.26. The van der Waals surface area contributed by atoms with E-state index in [1.807, 2.05) is 52.9 Å². The molecule has 10 nitrogen and oxygen atoms in total. The van der Waals surface area contributed by atoms with Crippen molar-refractivity contribution in [3.05, 3.63) is 46.7 Å². The van der Waals surface area contributed by atoms with Crippen molar-refractivity contribution in [2.75, 3.05) is 23.7 Å². The number of likely N-dealkylation sites (N-methyl/N-ethyl adjacent to an activating group) is 1.